The number of carbonyl (C=O) groups is 4. The number of rotatable bonds is 11. The lowest BCUT2D eigenvalue weighted by Crippen LogP contribution is -2.51. The quantitative estimate of drug-likeness (QED) is 0.371. The van der Waals surface area contributed by atoms with E-state index in [1.165, 1.54) is 0 Å². The first-order valence-electron chi connectivity index (χ1n) is 10.8. The van der Waals surface area contributed by atoms with Crippen molar-refractivity contribution in [2.45, 2.75) is 25.7 Å². The number of hydrogen-bond donors (Lipinski definition) is 2. The number of quaternary nitrogens is 1. The first-order valence-corrected chi connectivity index (χ1v) is 10.8. The summed E-state index contributed by atoms with van der Waals surface area (Å²) >= 11 is 0. The molecule has 3 amide bonds. The number of alkyl carbamates (subject to hydrolysis) is 1. The molecule has 0 aliphatic heterocycles. The standard InChI is InChI=1S/C25H29N3O7/c1-28(2,3)22(23(30)31)14-21(15-26-24(32)34-16-19-10-6-4-7-11-19)27(18-29)25(33)35-17-20-12-8-5-9-13-20/h4-13,15,18,22H,14,16-17H2,1-3H3,(H-,26,30,31,32)/p+1/b21-15-/t22-/m0/s1. The van der Waals surface area contributed by atoms with Crippen molar-refractivity contribution in [1.29, 1.82) is 0 Å². The Morgan fingerprint density at radius 2 is 1.46 bits per heavy atom. The van der Waals surface area contributed by atoms with E-state index in [-0.39, 0.29) is 36.2 Å². The molecule has 35 heavy (non-hydrogen) atoms. The summed E-state index contributed by atoms with van der Waals surface area (Å²) in [6.45, 7) is -0.0927. The van der Waals surface area contributed by atoms with E-state index in [2.05, 4.69) is 5.32 Å². The molecule has 0 unspecified atom stereocenters. The molecule has 10 nitrogen and oxygen atoms in total. The Morgan fingerprint density at radius 3 is 1.91 bits per heavy atom. The first kappa shape index (κ1) is 27.1. The fourth-order valence-electron chi connectivity index (χ4n) is 3.04. The van der Waals surface area contributed by atoms with Crippen LogP contribution in [0.2, 0.25) is 0 Å². The van der Waals surface area contributed by atoms with Gasteiger partial charge in [-0.05, 0) is 11.1 Å². The van der Waals surface area contributed by atoms with Gasteiger partial charge in [0, 0.05) is 6.20 Å². The Labute approximate surface area is 203 Å². The Bertz CT molecular complexity index is 1030. The fraction of sp³-hybridized carbons (Fsp3) is 0.280. The summed E-state index contributed by atoms with van der Waals surface area (Å²) in [7, 11) is 4.99. The van der Waals surface area contributed by atoms with E-state index in [0.29, 0.717) is 10.5 Å². The van der Waals surface area contributed by atoms with Crippen molar-refractivity contribution in [3.8, 4) is 0 Å². The largest absolute Gasteiger partial charge is 0.477 e. The second-order valence-corrected chi connectivity index (χ2v) is 8.53. The molecule has 0 aliphatic carbocycles. The maximum absolute atomic E-state index is 12.7. The molecule has 0 fully saturated rings. The highest BCUT2D eigenvalue weighted by Crippen LogP contribution is 2.18. The van der Waals surface area contributed by atoms with Gasteiger partial charge in [-0.15, -0.1) is 0 Å². The minimum absolute atomic E-state index is 0.00297. The number of nitrogens with one attached hydrogen (secondary N) is 1. The van der Waals surface area contributed by atoms with E-state index in [0.717, 1.165) is 11.8 Å². The third-order valence-electron chi connectivity index (χ3n) is 5.01. The second-order valence-electron chi connectivity index (χ2n) is 8.53. The highest BCUT2D eigenvalue weighted by Gasteiger charge is 2.35. The van der Waals surface area contributed by atoms with Crippen molar-refractivity contribution >= 4 is 24.6 Å². The summed E-state index contributed by atoms with van der Waals surface area (Å²) in [5, 5.41) is 12.1. The van der Waals surface area contributed by atoms with Crippen LogP contribution in [0.4, 0.5) is 9.59 Å². The number of hydrogen-bond acceptors (Lipinski definition) is 6. The molecular weight excluding hydrogens is 454 g/mol. The van der Waals surface area contributed by atoms with Gasteiger partial charge in [0.25, 0.3) is 0 Å². The maximum Gasteiger partial charge on any atom is 0.421 e. The highest BCUT2D eigenvalue weighted by molar-refractivity contribution is 5.83. The molecule has 0 saturated carbocycles. The van der Waals surface area contributed by atoms with E-state index in [4.69, 9.17) is 9.47 Å². The fourth-order valence-corrected chi connectivity index (χ4v) is 3.04. The smallest absolute Gasteiger partial charge is 0.421 e. The van der Waals surface area contributed by atoms with Gasteiger partial charge >= 0.3 is 18.2 Å². The summed E-state index contributed by atoms with van der Waals surface area (Å²) in [5.74, 6) is -1.14. The number of carboxylic acid groups (broad SMARTS) is 1. The predicted octanol–water partition coefficient (Wildman–Crippen LogP) is 3.10. The molecule has 0 saturated heterocycles. The van der Waals surface area contributed by atoms with Crippen LogP contribution in [-0.4, -0.2) is 66.2 Å². The number of ether oxygens (including phenoxy) is 2. The van der Waals surface area contributed by atoms with Gasteiger partial charge in [0.05, 0.1) is 33.3 Å². The van der Waals surface area contributed by atoms with Crippen LogP contribution >= 0.6 is 0 Å². The Balaban J connectivity index is 2.19. The molecule has 0 heterocycles. The number of benzene rings is 2. The number of carboxylic acids is 1. The van der Waals surface area contributed by atoms with Crippen molar-refractivity contribution < 1.29 is 38.2 Å². The van der Waals surface area contributed by atoms with Gasteiger partial charge < -0.3 is 19.1 Å². The number of amides is 3. The third-order valence-corrected chi connectivity index (χ3v) is 5.01. The summed E-state index contributed by atoms with van der Waals surface area (Å²) in [5.41, 5.74) is 1.40. The molecule has 2 aromatic carbocycles. The van der Waals surface area contributed by atoms with Gasteiger partial charge in [-0.2, -0.15) is 0 Å². The minimum Gasteiger partial charge on any atom is -0.477 e. The Kier molecular flexibility index (Phi) is 9.98. The molecule has 10 heteroatoms. The van der Waals surface area contributed by atoms with Gasteiger partial charge in [0.2, 0.25) is 6.41 Å². The van der Waals surface area contributed by atoms with Crippen molar-refractivity contribution in [2.75, 3.05) is 21.1 Å². The average Bonchev–Trinajstić information content (AvgIpc) is 2.83. The van der Waals surface area contributed by atoms with Crippen molar-refractivity contribution in [3.05, 3.63) is 83.7 Å². The summed E-state index contributed by atoms with van der Waals surface area (Å²) < 4.78 is 10.4. The van der Waals surface area contributed by atoms with Crippen LogP contribution < -0.4 is 5.32 Å². The molecule has 1 atom stereocenters. The number of likely N-dealkylation sites (N-methyl/N-ethyl adjacent to an activating group) is 1. The zero-order chi connectivity index (χ0) is 25.8. The van der Waals surface area contributed by atoms with Gasteiger partial charge in [0.15, 0.2) is 6.04 Å². The third kappa shape index (κ3) is 8.94. The van der Waals surface area contributed by atoms with Crippen molar-refractivity contribution in [2.24, 2.45) is 0 Å². The molecule has 0 radical (unpaired) electrons. The van der Waals surface area contributed by atoms with Crippen LogP contribution in [0.1, 0.15) is 17.5 Å². The van der Waals surface area contributed by atoms with Gasteiger partial charge in [-0.1, -0.05) is 60.7 Å². The molecule has 186 valence electrons. The SMILES string of the molecule is C[N+](C)(C)[C@@H](C/C(=C/NC(=O)OCc1ccccc1)N(C=O)C(=O)OCc1ccccc1)C(=O)O. The zero-order valence-electron chi connectivity index (χ0n) is 19.9. The predicted molar refractivity (Wildman–Crippen MR) is 126 cm³/mol. The lowest BCUT2D eigenvalue weighted by molar-refractivity contribution is -0.887. The zero-order valence-corrected chi connectivity index (χ0v) is 19.9. The molecule has 0 aromatic heterocycles. The number of nitrogens with zero attached hydrogens (tertiary/aromatic N) is 2. The molecular formula is C25H30N3O7+. The topological polar surface area (TPSA) is 122 Å². The van der Waals surface area contributed by atoms with Crippen molar-refractivity contribution in [3.63, 3.8) is 0 Å². The lowest BCUT2D eigenvalue weighted by atomic mass is 10.1. The van der Waals surface area contributed by atoms with Crippen LogP contribution in [0.15, 0.2) is 72.6 Å². The van der Waals surface area contributed by atoms with Crippen LogP contribution in [0.5, 0.6) is 0 Å². The Morgan fingerprint density at radius 1 is 0.943 bits per heavy atom. The number of aliphatic carboxylic acids is 1. The van der Waals surface area contributed by atoms with Crippen LogP contribution in [0.25, 0.3) is 0 Å². The van der Waals surface area contributed by atoms with E-state index in [1.54, 1.807) is 69.7 Å². The summed E-state index contributed by atoms with van der Waals surface area (Å²) in [6, 6.07) is 16.8. The molecule has 2 N–H and O–H groups in total. The normalized spacial score (nSPS) is 12.3. The summed E-state index contributed by atoms with van der Waals surface area (Å²) in [6.07, 6.45) is -0.814. The number of carbonyl (C=O) groups excluding carboxylic acids is 3. The van der Waals surface area contributed by atoms with E-state index >= 15 is 0 Å². The molecule has 0 aliphatic rings. The van der Waals surface area contributed by atoms with E-state index in [9.17, 15) is 24.3 Å². The second kappa shape index (κ2) is 12.9. The molecule has 0 spiro atoms. The lowest BCUT2D eigenvalue weighted by Gasteiger charge is -2.32. The highest BCUT2D eigenvalue weighted by atomic mass is 16.6. The van der Waals surface area contributed by atoms with Crippen LogP contribution in [0.3, 0.4) is 0 Å². The van der Waals surface area contributed by atoms with Gasteiger partial charge in [0.1, 0.15) is 13.2 Å². The first-order chi connectivity index (χ1) is 16.6. The number of imide groups is 1. The average molecular weight is 485 g/mol. The van der Waals surface area contributed by atoms with Crippen molar-refractivity contribution in [1.82, 2.24) is 10.2 Å². The van der Waals surface area contributed by atoms with E-state index in [1.807, 2.05) is 12.1 Å². The van der Waals surface area contributed by atoms with Gasteiger partial charge in [-0.3, -0.25) is 10.1 Å². The minimum atomic E-state index is -1.14. The molecule has 0 bridgehead atoms. The molecule has 2 rings (SSSR count). The maximum atomic E-state index is 12.7. The Hall–Kier alpha value is -4.18. The van der Waals surface area contributed by atoms with E-state index < -0.39 is 24.2 Å². The summed E-state index contributed by atoms with van der Waals surface area (Å²) in [4.78, 5) is 49.3. The van der Waals surface area contributed by atoms with Crippen LogP contribution in [0, 0.1) is 0 Å². The monoisotopic (exact) mass is 484 g/mol. The molecule has 2 aromatic rings. The van der Waals surface area contributed by atoms with Crippen LogP contribution in [-0.2, 0) is 32.3 Å². The van der Waals surface area contributed by atoms with Gasteiger partial charge in [-0.25, -0.2) is 19.3 Å².